The fraction of sp³-hybridized carbons (Fsp3) is 1.00. The van der Waals surface area contributed by atoms with Gasteiger partial charge in [0.15, 0.2) is 0 Å². The largest absolute Gasteiger partial charge is 0.396 e. The van der Waals surface area contributed by atoms with E-state index in [4.69, 9.17) is 5.11 Å². The van der Waals surface area contributed by atoms with E-state index in [1.165, 1.54) is 4.31 Å². The molecule has 0 atom stereocenters. The van der Waals surface area contributed by atoms with Crippen molar-refractivity contribution in [2.24, 2.45) is 5.41 Å². The maximum absolute atomic E-state index is 12.2. The van der Waals surface area contributed by atoms with Crippen LogP contribution in [0, 0.1) is 5.41 Å². The Morgan fingerprint density at radius 1 is 1.24 bits per heavy atom. The van der Waals surface area contributed by atoms with Gasteiger partial charge < -0.3 is 5.11 Å². The minimum Gasteiger partial charge on any atom is -0.396 e. The molecule has 0 aliphatic carbocycles. The van der Waals surface area contributed by atoms with Crippen molar-refractivity contribution in [1.82, 2.24) is 4.31 Å². The Kier molecular flexibility index (Phi) is 6.66. The number of sulfonamides is 1. The highest BCUT2D eigenvalue weighted by atomic mass is 32.2. The summed E-state index contributed by atoms with van der Waals surface area (Å²) in [5.41, 5.74) is 0.0205. The monoisotopic (exact) mass is 265 g/mol. The Bertz CT molecular complexity index is 304. The fourth-order valence-corrected chi connectivity index (χ4v) is 3.65. The van der Waals surface area contributed by atoms with Crippen molar-refractivity contribution in [1.29, 1.82) is 0 Å². The Labute approximate surface area is 106 Å². The van der Waals surface area contributed by atoms with Gasteiger partial charge in [-0.25, -0.2) is 8.42 Å². The van der Waals surface area contributed by atoms with Gasteiger partial charge in [0.1, 0.15) is 0 Å². The zero-order chi connectivity index (χ0) is 13.7. The van der Waals surface area contributed by atoms with Gasteiger partial charge in [0.05, 0.1) is 5.75 Å². The third-order valence-electron chi connectivity index (χ3n) is 2.58. The van der Waals surface area contributed by atoms with Gasteiger partial charge in [0, 0.05) is 19.2 Å². The Morgan fingerprint density at radius 3 is 2.12 bits per heavy atom. The summed E-state index contributed by atoms with van der Waals surface area (Å²) in [6.07, 6.45) is 1.14. The van der Waals surface area contributed by atoms with E-state index in [0.717, 1.165) is 0 Å². The minimum absolute atomic E-state index is 0.0205. The van der Waals surface area contributed by atoms with E-state index in [2.05, 4.69) is 0 Å². The molecule has 0 saturated carbocycles. The number of aliphatic hydroxyl groups is 1. The Hall–Kier alpha value is -0.130. The molecule has 0 spiro atoms. The van der Waals surface area contributed by atoms with E-state index in [1.54, 1.807) is 0 Å². The molecule has 0 rings (SSSR count). The van der Waals surface area contributed by atoms with Crippen molar-refractivity contribution < 1.29 is 13.5 Å². The highest BCUT2D eigenvalue weighted by molar-refractivity contribution is 7.89. The molecule has 5 heteroatoms. The van der Waals surface area contributed by atoms with Crippen LogP contribution in [0.4, 0.5) is 0 Å². The van der Waals surface area contributed by atoms with Crippen LogP contribution in [0.1, 0.15) is 47.5 Å². The first-order valence-electron chi connectivity index (χ1n) is 6.20. The van der Waals surface area contributed by atoms with E-state index in [-0.39, 0.29) is 23.8 Å². The van der Waals surface area contributed by atoms with E-state index < -0.39 is 10.0 Å². The molecule has 0 aliphatic rings. The Balaban J connectivity index is 4.61. The van der Waals surface area contributed by atoms with E-state index in [1.807, 2.05) is 34.6 Å². The predicted molar refractivity (Wildman–Crippen MR) is 71.4 cm³/mol. The second kappa shape index (κ2) is 6.71. The van der Waals surface area contributed by atoms with Gasteiger partial charge in [-0.1, -0.05) is 20.8 Å². The zero-order valence-electron chi connectivity index (χ0n) is 11.7. The summed E-state index contributed by atoms with van der Waals surface area (Å²) in [5.74, 6) is 0.181. The predicted octanol–water partition coefficient (Wildman–Crippen LogP) is 1.85. The molecular weight excluding hydrogens is 238 g/mol. The molecule has 0 unspecified atom stereocenters. The molecule has 104 valence electrons. The molecular formula is C12H27NO3S. The maximum atomic E-state index is 12.2. The normalized spacial score (nSPS) is 13.6. The lowest BCUT2D eigenvalue weighted by molar-refractivity contribution is 0.257. The molecule has 0 aromatic rings. The van der Waals surface area contributed by atoms with Crippen molar-refractivity contribution in [2.75, 3.05) is 18.9 Å². The molecule has 0 aliphatic heterocycles. The molecule has 4 nitrogen and oxygen atoms in total. The smallest absolute Gasteiger partial charge is 0.214 e. The summed E-state index contributed by atoms with van der Waals surface area (Å²) < 4.78 is 25.8. The van der Waals surface area contributed by atoms with Crippen LogP contribution >= 0.6 is 0 Å². The first-order chi connectivity index (χ1) is 7.60. The van der Waals surface area contributed by atoms with Crippen LogP contribution < -0.4 is 0 Å². The van der Waals surface area contributed by atoms with Gasteiger partial charge in [0.2, 0.25) is 10.0 Å². The summed E-state index contributed by atoms with van der Waals surface area (Å²) in [6.45, 7) is 10.3. The lowest BCUT2D eigenvalue weighted by Crippen LogP contribution is -2.40. The number of rotatable bonds is 7. The van der Waals surface area contributed by atoms with E-state index in [9.17, 15) is 8.42 Å². The molecule has 0 bridgehead atoms. The minimum atomic E-state index is -3.20. The summed E-state index contributed by atoms with van der Waals surface area (Å²) in [6, 6.07) is -0.0495. The molecule has 0 aromatic carbocycles. The quantitative estimate of drug-likeness (QED) is 0.764. The third kappa shape index (κ3) is 7.01. The number of hydrogen-bond acceptors (Lipinski definition) is 3. The lowest BCUT2D eigenvalue weighted by atomic mass is 9.94. The van der Waals surface area contributed by atoms with Crippen molar-refractivity contribution >= 4 is 10.0 Å². The van der Waals surface area contributed by atoms with Gasteiger partial charge >= 0.3 is 0 Å². The van der Waals surface area contributed by atoms with Crippen molar-refractivity contribution in [3.63, 3.8) is 0 Å². The first kappa shape index (κ1) is 16.9. The first-order valence-corrected chi connectivity index (χ1v) is 7.81. The van der Waals surface area contributed by atoms with Crippen LogP contribution in [0.3, 0.4) is 0 Å². The number of nitrogens with zero attached hydrogens (tertiary/aromatic N) is 1. The summed E-state index contributed by atoms with van der Waals surface area (Å²) >= 11 is 0. The highest BCUT2D eigenvalue weighted by Gasteiger charge is 2.26. The van der Waals surface area contributed by atoms with Crippen molar-refractivity contribution in [3.05, 3.63) is 0 Å². The average molecular weight is 265 g/mol. The summed E-state index contributed by atoms with van der Waals surface area (Å²) in [5, 5.41) is 8.80. The summed E-state index contributed by atoms with van der Waals surface area (Å²) in [4.78, 5) is 0. The van der Waals surface area contributed by atoms with Crippen molar-refractivity contribution in [2.45, 2.75) is 53.5 Å². The van der Waals surface area contributed by atoms with Crippen LogP contribution in [0.2, 0.25) is 0 Å². The molecule has 0 amide bonds. The standard InChI is InChI=1S/C12H27NO3S/c1-11(2)13(8-6-9-14)17(15,16)10-7-12(3,4)5/h11,14H,6-10H2,1-5H3. The van der Waals surface area contributed by atoms with Gasteiger partial charge in [-0.05, 0) is 32.1 Å². The van der Waals surface area contributed by atoms with E-state index >= 15 is 0 Å². The third-order valence-corrected chi connectivity index (χ3v) is 4.62. The van der Waals surface area contributed by atoms with E-state index in [0.29, 0.717) is 19.4 Å². The van der Waals surface area contributed by atoms with Gasteiger partial charge in [-0.3, -0.25) is 0 Å². The average Bonchev–Trinajstić information content (AvgIpc) is 2.14. The van der Waals surface area contributed by atoms with Crippen LogP contribution in [0.5, 0.6) is 0 Å². The second-order valence-electron chi connectivity index (χ2n) is 5.91. The van der Waals surface area contributed by atoms with Gasteiger partial charge in [-0.2, -0.15) is 4.31 Å². The lowest BCUT2D eigenvalue weighted by Gasteiger charge is -2.27. The molecule has 0 fully saturated rings. The zero-order valence-corrected chi connectivity index (χ0v) is 12.5. The van der Waals surface area contributed by atoms with Crippen LogP contribution in [0.25, 0.3) is 0 Å². The molecule has 0 radical (unpaired) electrons. The summed E-state index contributed by atoms with van der Waals surface area (Å²) in [7, 11) is -3.20. The van der Waals surface area contributed by atoms with Crippen LogP contribution in [0.15, 0.2) is 0 Å². The number of hydrogen-bond donors (Lipinski definition) is 1. The second-order valence-corrected chi connectivity index (χ2v) is 7.95. The molecule has 0 aromatic heterocycles. The molecule has 0 saturated heterocycles. The van der Waals surface area contributed by atoms with Crippen LogP contribution in [-0.4, -0.2) is 42.8 Å². The molecule has 0 heterocycles. The number of aliphatic hydroxyl groups excluding tert-OH is 1. The maximum Gasteiger partial charge on any atom is 0.214 e. The van der Waals surface area contributed by atoms with Crippen molar-refractivity contribution in [3.8, 4) is 0 Å². The van der Waals surface area contributed by atoms with Gasteiger partial charge in [-0.15, -0.1) is 0 Å². The molecule has 17 heavy (non-hydrogen) atoms. The van der Waals surface area contributed by atoms with Gasteiger partial charge in [0.25, 0.3) is 0 Å². The fourth-order valence-electron chi connectivity index (χ4n) is 1.50. The Morgan fingerprint density at radius 2 is 1.76 bits per heavy atom. The van der Waals surface area contributed by atoms with Crippen LogP contribution in [-0.2, 0) is 10.0 Å². The SMILES string of the molecule is CC(C)N(CCCO)S(=O)(=O)CCC(C)(C)C. The topological polar surface area (TPSA) is 57.6 Å². The highest BCUT2D eigenvalue weighted by Crippen LogP contribution is 2.21. The molecule has 1 N–H and O–H groups in total.